The van der Waals surface area contributed by atoms with Gasteiger partial charge in [-0.25, -0.2) is 4.68 Å². The lowest BCUT2D eigenvalue weighted by Gasteiger charge is -2.13. The summed E-state index contributed by atoms with van der Waals surface area (Å²) in [7, 11) is 1.63. The summed E-state index contributed by atoms with van der Waals surface area (Å²) in [6.07, 6.45) is 0. The molecule has 1 N–H and O–H groups in total. The molecule has 2 aromatic carbocycles. The Labute approximate surface area is 162 Å². The second kappa shape index (κ2) is 8.68. The molecule has 1 amide bonds. The Balaban J connectivity index is 1.64. The normalized spacial score (nSPS) is 11.8. The molecule has 0 aliphatic carbocycles. The molecule has 0 spiro atoms. The van der Waals surface area contributed by atoms with Crippen LogP contribution in [0.4, 0.5) is 5.69 Å². The van der Waals surface area contributed by atoms with E-state index < -0.39 is 0 Å². The fourth-order valence-electron chi connectivity index (χ4n) is 2.44. The van der Waals surface area contributed by atoms with Crippen LogP contribution in [-0.4, -0.2) is 38.5 Å². The van der Waals surface area contributed by atoms with E-state index in [-0.39, 0.29) is 11.2 Å². The molecule has 1 unspecified atom stereocenters. The van der Waals surface area contributed by atoms with E-state index >= 15 is 0 Å². The number of nitrogens with zero attached hydrogens (tertiary/aromatic N) is 4. The third-order valence-electron chi connectivity index (χ3n) is 4.04. The smallest absolute Gasteiger partial charge is 0.237 e. The molecule has 27 heavy (non-hydrogen) atoms. The van der Waals surface area contributed by atoms with Gasteiger partial charge in [0.25, 0.3) is 0 Å². The molecule has 1 aromatic heterocycles. The van der Waals surface area contributed by atoms with Gasteiger partial charge in [-0.2, -0.15) is 0 Å². The van der Waals surface area contributed by atoms with Crippen molar-refractivity contribution in [1.82, 2.24) is 20.2 Å². The highest BCUT2D eigenvalue weighted by Gasteiger charge is 2.19. The molecule has 0 radical (unpaired) electrons. The number of hydrogen-bond donors (Lipinski definition) is 1. The molecule has 8 heteroatoms. The molecule has 0 bridgehead atoms. The summed E-state index contributed by atoms with van der Waals surface area (Å²) in [6, 6.07) is 15.4. The van der Waals surface area contributed by atoms with Crippen LogP contribution in [0.3, 0.4) is 0 Å². The van der Waals surface area contributed by atoms with Crippen molar-refractivity contribution in [3.05, 3.63) is 59.7 Å². The first-order chi connectivity index (χ1) is 13.1. The zero-order chi connectivity index (χ0) is 19.2. The van der Waals surface area contributed by atoms with Crippen molar-refractivity contribution in [2.24, 2.45) is 0 Å². The van der Waals surface area contributed by atoms with E-state index in [2.05, 4.69) is 20.8 Å². The predicted octanol–water partition coefficient (Wildman–Crippen LogP) is 3.16. The molecule has 0 saturated heterocycles. The topological polar surface area (TPSA) is 81.9 Å². The van der Waals surface area contributed by atoms with Gasteiger partial charge in [0, 0.05) is 5.69 Å². The third-order valence-corrected chi connectivity index (χ3v) is 5.12. The maximum absolute atomic E-state index is 12.5. The molecular formula is C19H21N5O2S. The number of nitrogens with one attached hydrogen (secondary N) is 1. The highest BCUT2D eigenvalue weighted by molar-refractivity contribution is 8.00. The van der Waals surface area contributed by atoms with Gasteiger partial charge in [0.1, 0.15) is 5.75 Å². The van der Waals surface area contributed by atoms with E-state index in [1.165, 1.54) is 11.8 Å². The van der Waals surface area contributed by atoms with Gasteiger partial charge >= 0.3 is 0 Å². The number of ether oxygens (including phenoxy) is 1. The van der Waals surface area contributed by atoms with Crippen LogP contribution < -0.4 is 10.1 Å². The van der Waals surface area contributed by atoms with Gasteiger partial charge in [0.05, 0.1) is 18.9 Å². The van der Waals surface area contributed by atoms with Crippen molar-refractivity contribution < 1.29 is 9.53 Å². The highest BCUT2D eigenvalue weighted by atomic mass is 32.2. The summed E-state index contributed by atoms with van der Waals surface area (Å²) in [5, 5.41) is 15.0. The zero-order valence-corrected chi connectivity index (χ0v) is 16.2. The Kier molecular flexibility index (Phi) is 6.08. The molecule has 0 aliphatic rings. The fraction of sp³-hybridized carbons (Fsp3) is 0.263. The van der Waals surface area contributed by atoms with Crippen LogP contribution in [0.25, 0.3) is 0 Å². The van der Waals surface area contributed by atoms with E-state index in [0.717, 1.165) is 22.6 Å². The number of carbonyl (C=O) groups is 1. The molecule has 7 nitrogen and oxygen atoms in total. The first-order valence-corrected chi connectivity index (χ1v) is 9.37. The van der Waals surface area contributed by atoms with E-state index in [4.69, 9.17) is 4.74 Å². The molecule has 1 atom stereocenters. The largest absolute Gasteiger partial charge is 0.497 e. The van der Waals surface area contributed by atoms with Gasteiger partial charge in [-0.1, -0.05) is 42.1 Å². The van der Waals surface area contributed by atoms with Crippen molar-refractivity contribution in [2.75, 3.05) is 12.4 Å². The number of rotatable bonds is 7. The number of carbonyl (C=O) groups excluding carboxylic acids is 1. The molecule has 0 fully saturated rings. The number of para-hydroxylation sites is 1. The number of hydrogen-bond acceptors (Lipinski definition) is 6. The summed E-state index contributed by atoms with van der Waals surface area (Å²) < 4.78 is 6.85. The quantitative estimate of drug-likeness (QED) is 0.631. The van der Waals surface area contributed by atoms with E-state index in [1.54, 1.807) is 11.8 Å². The van der Waals surface area contributed by atoms with Gasteiger partial charge in [-0.3, -0.25) is 4.79 Å². The number of benzene rings is 2. The Morgan fingerprint density at radius 3 is 2.67 bits per heavy atom. The number of anilines is 1. The van der Waals surface area contributed by atoms with Crippen LogP contribution in [0.5, 0.6) is 5.75 Å². The van der Waals surface area contributed by atoms with Gasteiger partial charge in [0.2, 0.25) is 11.1 Å². The van der Waals surface area contributed by atoms with Crippen LogP contribution in [-0.2, 0) is 11.3 Å². The Hall–Kier alpha value is -2.87. The van der Waals surface area contributed by atoms with Crippen molar-refractivity contribution in [3.8, 4) is 5.75 Å². The van der Waals surface area contributed by atoms with Gasteiger partial charge < -0.3 is 10.1 Å². The molecule has 3 rings (SSSR count). The number of tetrazole rings is 1. The lowest BCUT2D eigenvalue weighted by atomic mass is 10.2. The number of aromatic nitrogens is 4. The first kappa shape index (κ1) is 18.9. The van der Waals surface area contributed by atoms with Gasteiger partial charge in [-0.05, 0) is 53.6 Å². The average Bonchev–Trinajstić information content (AvgIpc) is 3.10. The average molecular weight is 383 g/mol. The van der Waals surface area contributed by atoms with Crippen LogP contribution in [0.1, 0.15) is 18.1 Å². The Bertz CT molecular complexity index is 910. The fourth-order valence-corrected chi connectivity index (χ4v) is 3.23. The molecule has 0 saturated carbocycles. The molecule has 140 valence electrons. The SMILES string of the molecule is COc1ccc(Cn2nnnc2SC(C)C(=O)Nc2ccccc2C)cc1. The summed E-state index contributed by atoms with van der Waals surface area (Å²) in [6.45, 7) is 4.32. The van der Waals surface area contributed by atoms with Crippen molar-refractivity contribution >= 4 is 23.4 Å². The molecule has 1 heterocycles. The maximum Gasteiger partial charge on any atom is 0.237 e. The van der Waals surface area contributed by atoms with Crippen molar-refractivity contribution in [3.63, 3.8) is 0 Å². The van der Waals surface area contributed by atoms with E-state index in [9.17, 15) is 4.79 Å². The Morgan fingerprint density at radius 1 is 1.22 bits per heavy atom. The van der Waals surface area contributed by atoms with Crippen LogP contribution in [0, 0.1) is 6.92 Å². The minimum absolute atomic E-state index is 0.0895. The standard InChI is InChI=1S/C19H21N5O2S/c1-13-6-4-5-7-17(13)20-18(25)14(2)27-19-21-22-23-24(19)12-15-8-10-16(26-3)11-9-15/h4-11,14H,12H2,1-3H3,(H,20,25). The molecular weight excluding hydrogens is 362 g/mol. The summed E-state index contributed by atoms with van der Waals surface area (Å²) in [5.41, 5.74) is 2.88. The number of aryl methyl sites for hydroxylation is 1. The van der Waals surface area contributed by atoms with Crippen molar-refractivity contribution in [1.29, 1.82) is 0 Å². The first-order valence-electron chi connectivity index (χ1n) is 8.49. The van der Waals surface area contributed by atoms with Gasteiger partial charge in [-0.15, -0.1) is 5.10 Å². The lowest BCUT2D eigenvalue weighted by Crippen LogP contribution is -2.23. The third kappa shape index (κ3) is 4.85. The maximum atomic E-state index is 12.5. The minimum Gasteiger partial charge on any atom is -0.497 e. The second-order valence-electron chi connectivity index (χ2n) is 6.03. The summed E-state index contributed by atoms with van der Waals surface area (Å²) >= 11 is 1.33. The lowest BCUT2D eigenvalue weighted by molar-refractivity contribution is -0.115. The second-order valence-corrected chi connectivity index (χ2v) is 7.34. The van der Waals surface area contributed by atoms with Crippen LogP contribution >= 0.6 is 11.8 Å². The minimum atomic E-state index is -0.342. The number of thioether (sulfide) groups is 1. The monoisotopic (exact) mass is 383 g/mol. The van der Waals surface area contributed by atoms with Gasteiger partial charge in [0.15, 0.2) is 0 Å². The van der Waals surface area contributed by atoms with E-state index in [1.807, 2.05) is 62.4 Å². The van der Waals surface area contributed by atoms with Crippen LogP contribution in [0.2, 0.25) is 0 Å². The molecule has 3 aromatic rings. The molecule has 0 aliphatic heterocycles. The summed E-state index contributed by atoms with van der Waals surface area (Å²) in [5.74, 6) is 0.708. The zero-order valence-electron chi connectivity index (χ0n) is 15.4. The highest BCUT2D eigenvalue weighted by Crippen LogP contribution is 2.23. The Morgan fingerprint density at radius 2 is 1.96 bits per heavy atom. The predicted molar refractivity (Wildman–Crippen MR) is 105 cm³/mol. The van der Waals surface area contributed by atoms with Crippen LogP contribution in [0.15, 0.2) is 53.7 Å². The van der Waals surface area contributed by atoms with Crippen molar-refractivity contribution in [2.45, 2.75) is 30.8 Å². The number of methoxy groups -OCH3 is 1. The number of amides is 1. The summed E-state index contributed by atoms with van der Waals surface area (Å²) in [4.78, 5) is 12.5. The van der Waals surface area contributed by atoms with E-state index in [0.29, 0.717) is 11.7 Å².